The van der Waals surface area contributed by atoms with Gasteiger partial charge in [0, 0.05) is 25.8 Å². The number of hydrogen-bond donors (Lipinski definition) is 1. The van der Waals surface area contributed by atoms with Crippen LogP contribution in [0.15, 0.2) is 12.3 Å². The minimum atomic E-state index is 0.0920. The summed E-state index contributed by atoms with van der Waals surface area (Å²) in [5, 5.41) is 3.08. The second-order valence-corrected chi connectivity index (χ2v) is 5.34. The molecule has 1 amide bonds. The summed E-state index contributed by atoms with van der Waals surface area (Å²) in [6.07, 6.45) is 0.989. The Morgan fingerprint density at radius 1 is 1.59 bits per heavy atom. The molecule has 17 heavy (non-hydrogen) atoms. The fraction of sp³-hybridized carbons (Fsp3) is 0.769. The third-order valence-corrected chi connectivity index (χ3v) is 3.01. The van der Waals surface area contributed by atoms with E-state index in [1.807, 2.05) is 14.0 Å². The lowest BCUT2D eigenvalue weighted by Crippen LogP contribution is -2.57. The summed E-state index contributed by atoms with van der Waals surface area (Å²) >= 11 is 0. The Kier molecular flexibility index (Phi) is 5.00. The van der Waals surface area contributed by atoms with E-state index in [1.165, 1.54) is 0 Å². The van der Waals surface area contributed by atoms with Gasteiger partial charge in [-0.2, -0.15) is 0 Å². The first-order chi connectivity index (χ1) is 7.91. The molecule has 1 atom stereocenters. The summed E-state index contributed by atoms with van der Waals surface area (Å²) in [7, 11) is 1.84. The average molecular weight is 239 g/mol. The van der Waals surface area contributed by atoms with Crippen LogP contribution in [0.2, 0.25) is 0 Å². The molecule has 98 valence electrons. The first-order valence-electron chi connectivity index (χ1n) is 6.30. The number of carbonyl (C=O) groups excluding carboxylic acids is 1. The quantitative estimate of drug-likeness (QED) is 0.709. The SMILES string of the molecule is C=C(C)NCN(C)C(=O)C1CCN1CC(C)C. The van der Waals surface area contributed by atoms with E-state index in [4.69, 9.17) is 0 Å². The van der Waals surface area contributed by atoms with Crippen LogP contribution in [0.1, 0.15) is 27.2 Å². The van der Waals surface area contributed by atoms with Gasteiger partial charge in [-0.3, -0.25) is 9.69 Å². The van der Waals surface area contributed by atoms with Crippen LogP contribution in [0.3, 0.4) is 0 Å². The van der Waals surface area contributed by atoms with Gasteiger partial charge >= 0.3 is 0 Å². The normalized spacial score (nSPS) is 19.9. The number of allylic oxidation sites excluding steroid dienone is 1. The van der Waals surface area contributed by atoms with Crippen molar-refractivity contribution < 1.29 is 4.79 Å². The number of nitrogens with zero attached hydrogens (tertiary/aromatic N) is 2. The fourth-order valence-electron chi connectivity index (χ4n) is 1.99. The Bertz CT molecular complexity index is 288. The minimum Gasteiger partial charge on any atom is -0.372 e. The zero-order chi connectivity index (χ0) is 13.0. The van der Waals surface area contributed by atoms with E-state index in [-0.39, 0.29) is 11.9 Å². The topological polar surface area (TPSA) is 35.6 Å². The molecule has 0 saturated carbocycles. The third kappa shape index (κ3) is 4.04. The lowest BCUT2D eigenvalue weighted by Gasteiger charge is -2.42. The standard InChI is InChI=1S/C13H25N3O/c1-10(2)8-16-7-6-12(16)13(17)15(5)9-14-11(3)4/h10,12,14H,3,6-9H2,1-2,4-5H3. The van der Waals surface area contributed by atoms with Gasteiger partial charge in [-0.05, 0) is 19.3 Å². The van der Waals surface area contributed by atoms with Crippen molar-refractivity contribution >= 4 is 5.91 Å². The molecule has 1 unspecified atom stereocenters. The first-order valence-corrected chi connectivity index (χ1v) is 6.30. The van der Waals surface area contributed by atoms with Crippen molar-refractivity contribution in [1.82, 2.24) is 15.1 Å². The molecule has 0 aliphatic carbocycles. The van der Waals surface area contributed by atoms with Gasteiger partial charge in [-0.15, -0.1) is 0 Å². The summed E-state index contributed by atoms with van der Waals surface area (Å²) in [5.41, 5.74) is 0.886. The molecule has 1 aliphatic rings. The van der Waals surface area contributed by atoms with E-state index in [0.717, 1.165) is 25.2 Å². The molecule has 4 heteroatoms. The Labute approximate surface area is 105 Å². The molecule has 1 fully saturated rings. The van der Waals surface area contributed by atoms with Gasteiger partial charge < -0.3 is 10.2 Å². The first kappa shape index (κ1) is 14.0. The molecule has 0 aromatic carbocycles. The van der Waals surface area contributed by atoms with E-state index in [2.05, 4.69) is 30.6 Å². The molecule has 0 radical (unpaired) electrons. The van der Waals surface area contributed by atoms with Crippen LogP contribution >= 0.6 is 0 Å². The maximum atomic E-state index is 12.1. The van der Waals surface area contributed by atoms with Crippen LogP contribution < -0.4 is 5.32 Å². The average Bonchev–Trinajstić information content (AvgIpc) is 2.20. The molecule has 1 saturated heterocycles. The van der Waals surface area contributed by atoms with Crippen molar-refractivity contribution in [2.75, 3.05) is 26.8 Å². The second-order valence-electron chi connectivity index (χ2n) is 5.34. The van der Waals surface area contributed by atoms with E-state index in [0.29, 0.717) is 12.6 Å². The van der Waals surface area contributed by atoms with Crippen molar-refractivity contribution in [3.8, 4) is 0 Å². The number of nitrogens with one attached hydrogen (secondary N) is 1. The third-order valence-electron chi connectivity index (χ3n) is 3.01. The molecule has 1 heterocycles. The summed E-state index contributed by atoms with van der Waals surface area (Å²) in [5.74, 6) is 0.829. The maximum Gasteiger partial charge on any atom is 0.241 e. The number of likely N-dealkylation sites (tertiary alicyclic amines) is 1. The molecule has 0 spiro atoms. The summed E-state index contributed by atoms with van der Waals surface area (Å²) in [6, 6.07) is 0.0920. The highest BCUT2D eigenvalue weighted by Crippen LogP contribution is 2.20. The lowest BCUT2D eigenvalue weighted by molar-refractivity contribution is -0.140. The number of hydrogen-bond acceptors (Lipinski definition) is 3. The van der Waals surface area contributed by atoms with Crippen LogP contribution in [-0.2, 0) is 4.79 Å². The van der Waals surface area contributed by atoms with Gasteiger partial charge in [0.15, 0.2) is 0 Å². The number of likely N-dealkylation sites (N-methyl/N-ethyl adjacent to an activating group) is 1. The maximum absolute atomic E-state index is 12.1. The summed E-state index contributed by atoms with van der Waals surface area (Å²) in [6.45, 7) is 12.6. The Balaban J connectivity index is 2.38. The van der Waals surface area contributed by atoms with Crippen LogP contribution in [0, 0.1) is 5.92 Å². The summed E-state index contributed by atoms with van der Waals surface area (Å²) < 4.78 is 0. The van der Waals surface area contributed by atoms with Crippen molar-refractivity contribution in [3.05, 3.63) is 12.3 Å². The molecule has 1 N–H and O–H groups in total. The van der Waals surface area contributed by atoms with Gasteiger partial charge in [0.05, 0.1) is 12.7 Å². The zero-order valence-corrected chi connectivity index (χ0v) is 11.5. The molecule has 4 nitrogen and oxygen atoms in total. The molecule has 0 aromatic rings. The smallest absolute Gasteiger partial charge is 0.241 e. The van der Waals surface area contributed by atoms with Crippen molar-refractivity contribution in [1.29, 1.82) is 0 Å². The number of carbonyl (C=O) groups is 1. The van der Waals surface area contributed by atoms with Gasteiger partial charge in [0.25, 0.3) is 0 Å². The molecule has 0 bridgehead atoms. The van der Waals surface area contributed by atoms with Gasteiger partial charge in [0.1, 0.15) is 0 Å². The Morgan fingerprint density at radius 3 is 2.65 bits per heavy atom. The van der Waals surface area contributed by atoms with Crippen molar-refractivity contribution in [2.45, 2.75) is 33.2 Å². The van der Waals surface area contributed by atoms with Crippen LogP contribution in [0.4, 0.5) is 0 Å². The predicted octanol–water partition coefficient (Wildman–Crippen LogP) is 1.26. The lowest BCUT2D eigenvalue weighted by atomic mass is 9.99. The molecular formula is C13H25N3O. The van der Waals surface area contributed by atoms with Gasteiger partial charge in [0.2, 0.25) is 5.91 Å². The summed E-state index contributed by atoms with van der Waals surface area (Å²) in [4.78, 5) is 16.2. The molecule has 0 aromatic heterocycles. The second kappa shape index (κ2) is 6.05. The van der Waals surface area contributed by atoms with Crippen molar-refractivity contribution in [3.63, 3.8) is 0 Å². The van der Waals surface area contributed by atoms with E-state index in [1.54, 1.807) is 4.90 Å². The monoisotopic (exact) mass is 239 g/mol. The molecule has 1 rings (SSSR count). The minimum absolute atomic E-state index is 0.0920. The van der Waals surface area contributed by atoms with Crippen LogP contribution in [0.25, 0.3) is 0 Å². The number of rotatable bonds is 6. The predicted molar refractivity (Wildman–Crippen MR) is 70.4 cm³/mol. The highest BCUT2D eigenvalue weighted by atomic mass is 16.2. The van der Waals surface area contributed by atoms with E-state index < -0.39 is 0 Å². The zero-order valence-electron chi connectivity index (χ0n) is 11.5. The molecule has 1 aliphatic heterocycles. The van der Waals surface area contributed by atoms with Crippen LogP contribution in [0.5, 0.6) is 0 Å². The Morgan fingerprint density at radius 2 is 2.24 bits per heavy atom. The molecular weight excluding hydrogens is 214 g/mol. The van der Waals surface area contributed by atoms with E-state index in [9.17, 15) is 4.79 Å². The largest absolute Gasteiger partial charge is 0.372 e. The van der Waals surface area contributed by atoms with Gasteiger partial charge in [-0.25, -0.2) is 0 Å². The van der Waals surface area contributed by atoms with Crippen LogP contribution in [-0.4, -0.2) is 48.6 Å². The highest BCUT2D eigenvalue weighted by Gasteiger charge is 2.35. The van der Waals surface area contributed by atoms with E-state index >= 15 is 0 Å². The Hall–Kier alpha value is -1.03. The van der Waals surface area contributed by atoms with Crippen molar-refractivity contribution in [2.24, 2.45) is 5.92 Å². The van der Waals surface area contributed by atoms with Gasteiger partial charge in [-0.1, -0.05) is 20.4 Å². The highest BCUT2D eigenvalue weighted by molar-refractivity contribution is 5.82. The number of amides is 1. The fourth-order valence-corrected chi connectivity index (χ4v) is 1.99.